The van der Waals surface area contributed by atoms with Crippen LogP contribution in [-0.4, -0.2) is 46.4 Å². The van der Waals surface area contributed by atoms with Crippen LogP contribution in [0, 0.1) is 0 Å². The van der Waals surface area contributed by atoms with Gasteiger partial charge in [-0.25, -0.2) is 4.79 Å². The van der Waals surface area contributed by atoms with Crippen molar-refractivity contribution < 1.29 is 24.0 Å². The van der Waals surface area contributed by atoms with E-state index in [0.29, 0.717) is 24.7 Å². The fraction of sp³-hybridized carbons (Fsp3) is 0.714. The van der Waals surface area contributed by atoms with E-state index in [0.717, 1.165) is 18.7 Å². The zero-order chi connectivity index (χ0) is 16.2. The van der Waals surface area contributed by atoms with Gasteiger partial charge in [0.25, 0.3) is 0 Å². The topological polar surface area (TPSA) is 115 Å². The van der Waals surface area contributed by atoms with E-state index in [1.54, 1.807) is 0 Å². The van der Waals surface area contributed by atoms with Gasteiger partial charge >= 0.3 is 5.97 Å². The van der Waals surface area contributed by atoms with E-state index in [2.05, 4.69) is 15.5 Å². The third-order valence-corrected chi connectivity index (χ3v) is 3.54. The molecule has 8 nitrogen and oxygen atoms in total. The molecular weight excluding hydrogens is 290 g/mol. The van der Waals surface area contributed by atoms with Crippen LogP contribution in [0.1, 0.15) is 50.2 Å². The summed E-state index contributed by atoms with van der Waals surface area (Å²) in [6, 6.07) is 0. The van der Waals surface area contributed by atoms with Crippen LogP contribution in [0.3, 0.4) is 0 Å². The molecule has 122 valence electrons. The molecule has 1 aromatic heterocycles. The summed E-state index contributed by atoms with van der Waals surface area (Å²) in [5.41, 5.74) is -1.42. The number of carboxylic acids is 1. The normalized spacial score (nSPS) is 17.0. The van der Waals surface area contributed by atoms with Crippen molar-refractivity contribution in [2.45, 2.75) is 50.5 Å². The predicted molar refractivity (Wildman–Crippen MR) is 75.3 cm³/mol. The van der Waals surface area contributed by atoms with Crippen molar-refractivity contribution in [3.8, 4) is 0 Å². The molecule has 0 aromatic carbocycles. The zero-order valence-corrected chi connectivity index (χ0v) is 12.8. The second-order valence-corrected chi connectivity index (χ2v) is 5.79. The van der Waals surface area contributed by atoms with Crippen molar-refractivity contribution in [2.75, 3.05) is 13.7 Å². The molecule has 1 unspecified atom stereocenters. The van der Waals surface area contributed by atoms with Gasteiger partial charge in [-0.2, -0.15) is 4.98 Å². The number of methoxy groups -OCH3 is 1. The fourth-order valence-corrected chi connectivity index (χ4v) is 2.09. The van der Waals surface area contributed by atoms with Crippen LogP contribution in [-0.2, 0) is 20.7 Å². The number of ether oxygens (including phenoxy) is 1. The Bertz CT molecular complexity index is 540. The lowest BCUT2D eigenvalue weighted by Gasteiger charge is -2.25. The fourth-order valence-electron chi connectivity index (χ4n) is 2.09. The summed E-state index contributed by atoms with van der Waals surface area (Å²) >= 11 is 0. The number of nitrogens with zero attached hydrogens (tertiary/aromatic N) is 2. The molecule has 2 N–H and O–H groups in total. The number of carbonyl (C=O) groups excluding carboxylic acids is 1. The molecule has 0 spiro atoms. The first-order valence-corrected chi connectivity index (χ1v) is 7.30. The second-order valence-electron chi connectivity index (χ2n) is 5.79. The van der Waals surface area contributed by atoms with Crippen LogP contribution in [0.25, 0.3) is 0 Å². The summed E-state index contributed by atoms with van der Waals surface area (Å²) in [5, 5.41) is 15.5. The van der Waals surface area contributed by atoms with Crippen molar-refractivity contribution >= 4 is 11.9 Å². The Morgan fingerprint density at radius 1 is 1.50 bits per heavy atom. The van der Waals surface area contributed by atoms with Gasteiger partial charge in [0.15, 0.2) is 11.4 Å². The van der Waals surface area contributed by atoms with E-state index in [4.69, 9.17) is 14.4 Å². The summed E-state index contributed by atoms with van der Waals surface area (Å²) in [6.07, 6.45) is 3.42. The van der Waals surface area contributed by atoms with Gasteiger partial charge in [-0.15, -0.1) is 0 Å². The molecular formula is C14H21N3O5. The largest absolute Gasteiger partial charge is 0.479 e. The van der Waals surface area contributed by atoms with Gasteiger partial charge < -0.3 is 19.7 Å². The molecule has 1 saturated carbocycles. The maximum atomic E-state index is 11.9. The van der Waals surface area contributed by atoms with Crippen LogP contribution in [0.4, 0.5) is 0 Å². The van der Waals surface area contributed by atoms with E-state index in [1.807, 2.05) is 0 Å². The number of carboxylic acid groups (broad SMARTS) is 1. The Morgan fingerprint density at radius 3 is 2.82 bits per heavy atom. The van der Waals surface area contributed by atoms with Crippen molar-refractivity contribution in [1.29, 1.82) is 0 Å². The number of aliphatic carboxylic acids is 1. The SMILES string of the molecule is COCC(C)(NC(=O)CCCc1nc(C2CC2)no1)C(=O)O. The Hall–Kier alpha value is -1.96. The van der Waals surface area contributed by atoms with Crippen LogP contribution >= 0.6 is 0 Å². The number of carbonyl (C=O) groups is 2. The average Bonchev–Trinajstić information content (AvgIpc) is 3.19. The highest BCUT2D eigenvalue weighted by molar-refractivity contribution is 5.86. The molecule has 1 heterocycles. The molecule has 2 rings (SSSR count). The van der Waals surface area contributed by atoms with Gasteiger partial charge in [0.1, 0.15) is 0 Å². The minimum absolute atomic E-state index is 0.0948. The lowest BCUT2D eigenvalue weighted by atomic mass is 10.0. The molecule has 0 radical (unpaired) electrons. The van der Waals surface area contributed by atoms with Crippen molar-refractivity contribution in [3.05, 3.63) is 11.7 Å². The van der Waals surface area contributed by atoms with E-state index >= 15 is 0 Å². The molecule has 22 heavy (non-hydrogen) atoms. The summed E-state index contributed by atoms with van der Waals surface area (Å²) in [4.78, 5) is 27.3. The summed E-state index contributed by atoms with van der Waals surface area (Å²) in [6.45, 7) is 1.32. The van der Waals surface area contributed by atoms with E-state index in [1.165, 1.54) is 14.0 Å². The monoisotopic (exact) mass is 311 g/mol. The number of rotatable bonds is 9. The van der Waals surface area contributed by atoms with Gasteiger partial charge in [0.2, 0.25) is 11.8 Å². The summed E-state index contributed by atoms with van der Waals surface area (Å²) < 4.78 is 9.96. The Morgan fingerprint density at radius 2 is 2.23 bits per heavy atom. The Labute approximate surface area is 128 Å². The van der Waals surface area contributed by atoms with Crippen LogP contribution in [0.5, 0.6) is 0 Å². The molecule has 8 heteroatoms. The number of hydrogen-bond acceptors (Lipinski definition) is 6. The smallest absolute Gasteiger partial charge is 0.331 e. The first-order valence-electron chi connectivity index (χ1n) is 7.30. The molecule has 0 bridgehead atoms. The minimum atomic E-state index is -1.42. The number of aromatic nitrogens is 2. The van der Waals surface area contributed by atoms with Crippen molar-refractivity contribution in [3.63, 3.8) is 0 Å². The van der Waals surface area contributed by atoms with Crippen LogP contribution in [0.2, 0.25) is 0 Å². The number of amides is 1. The van der Waals surface area contributed by atoms with Gasteiger partial charge in [0.05, 0.1) is 6.61 Å². The zero-order valence-electron chi connectivity index (χ0n) is 12.8. The van der Waals surface area contributed by atoms with Crippen LogP contribution in [0.15, 0.2) is 4.52 Å². The molecule has 1 aliphatic carbocycles. The highest BCUT2D eigenvalue weighted by Crippen LogP contribution is 2.38. The lowest BCUT2D eigenvalue weighted by molar-refractivity contribution is -0.149. The molecule has 1 amide bonds. The molecule has 1 atom stereocenters. The molecule has 0 aliphatic heterocycles. The number of aryl methyl sites for hydroxylation is 1. The van der Waals surface area contributed by atoms with E-state index < -0.39 is 11.5 Å². The summed E-state index contributed by atoms with van der Waals surface area (Å²) in [5.74, 6) is 0.231. The van der Waals surface area contributed by atoms with Gasteiger partial charge in [-0.3, -0.25) is 4.79 Å². The molecule has 1 aromatic rings. The third-order valence-electron chi connectivity index (χ3n) is 3.54. The Balaban J connectivity index is 1.75. The van der Waals surface area contributed by atoms with Gasteiger partial charge in [-0.1, -0.05) is 5.16 Å². The average molecular weight is 311 g/mol. The first-order chi connectivity index (χ1) is 10.4. The first kappa shape index (κ1) is 16.4. The number of hydrogen-bond donors (Lipinski definition) is 2. The van der Waals surface area contributed by atoms with Gasteiger partial charge in [0, 0.05) is 25.9 Å². The minimum Gasteiger partial charge on any atom is -0.479 e. The van der Waals surface area contributed by atoms with E-state index in [9.17, 15) is 9.59 Å². The van der Waals surface area contributed by atoms with Crippen molar-refractivity contribution in [1.82, 2.24) is 15.5 Å². The van der Waals surface area contributed by atoms with Crippen molar-refractivity contribution in [2.24, 2.45) is 0 Å². The maximum absolute atomic E-state index is 11.9. The standard InChI is InChI=1S/C14H21N3O5/c1-14(8-21-2,13(19)20)16-10(18)4-3-5-11-15-12(17-22-11)9-6-7-9/h9H,3-8H2,1-2H3,(H,16,18)(H,19,20). The third kappa shape index (κ3) is 4.27. The van der Waals surface area contributed by atoms with Crippen LogP contribution < -0.4 is 5.32 Å². The quantitative estimate of drug-likeness (QED) is 0.695. The summed E-state index contributed by atoms with van der Waals surface area (Å²) in [7, 11) is 1.39. The second kappa shape index (κ2) is 6.87. The Kier molecular flexibility index (Phi) is 5.12. The molecule has 1 fully saturated rings. The molecule has 1 aliphatic rings. The highest BCUT2D eigenvalue weighted by atomic mass is 16.5. The van der Waals surface area contributed by atoms with E-state index in [-0.39, 0.29) is 18.9 Å². The molecule has 0 saturated heterocycles. The lowest BCUT2D eigenvalue weighted by Crippen LogP contribution is -2.55. The number of nitrogens with one attached hydrogen (secondary N) is 1. The maximum Gasteiger partial charge on any atom is 0.331 e. The predicted octanol–water partition coefficient (Wildman–Crippen LogP) is 0.876. The highest BCUT2D eigenvalue weighted by Gasteiger charge is 2.34. The van der Waals surface area contributed by atoms with Gasteiger partial charge in [-0.05, 0) is 26.2 Å².